The fraction of sp³-hybridized carbons (Fsp3) is 0.133. The molecule has 0 saturated carbocycles. The summed E-state index contributed by atoms with van der Waals surface area (Å²) in [6.07, 6.45) is 0.457. The van der Waals surface area contributed by atoms with Crippen LogP contribution in [0.25, 0.3) is 0 Å². The number of rotatable bonds is 4. The van der Waals surface area contributed by atoms with E-state index in [9.17, 15) is 8.78 Å². The van der Waals surface area contributed by atoms with Crippen molar-refractivity contribution in [3.05, 3.63) is 71.3 Å². The average Bonchev–Trinajstić information content (AvgIpc) is 2.42. The predicted molar refractivity (Wildman–Crippen MR) is 76.2 cm³/mol. The molecule has 4 heteroatoms. The predicted octanol–water partition coefficient (Wildman–Crippen LogP) is 3.47. The van der Waals surface area contributed by atoms with Gasteiger partial charge in [0.2, 0.25) is 0 Å². The number of hydrogen-bond acceptors (Lipinski definition) is 1. The van der Waals surface area contributed by atoms with Gasteiger partial charge in [0.1, 0.15) is 16.6 Å². The zero-order chi connectivity index (χ0) is 13.7. The number of thiocarbonyl (C=S) groups is 1. The minimum Gasteiger partial charge on any atom is -0.375 e. The van der Waals surface area contributed by atoms with Gasteiger partial charge in [0.05, 0.1) is 0 Å². The maximum Gasteiger partial charge on any atom is 0.129 e. The van der Waals surface area contributed by atoms with Crippen molar-refractivity contribution in [2.45, 2.75) is 6.42 Å². The van der Waals surface area contributed by atoms with E-state index in [0.29, 0.717) is 23.5 Å². The first-order chi connectivity index (χ1) is 9.16. The van der Waals surface area contributed by atoms with E-state index in [-0.39, 0.29) is 0 Å². The zero-order valence-electron chi connectivity index (χ0n) is 10.2. The third-order valence-electron chi connectivity index (χ3n) is 2.73. The van der Waals surface area contributed by atoms with Crippen molar-refractivity contribution < 1.29 is 8.78 Å². The molecule has 98 valence electrons. The minimum absolute atomic E-state index is 0.457. The van der Waals surface area contributed by atoms with Gasteiger partial charge in [-0.15, -0.1) is 0 Å². The number of halogens is 2. The van der Waals surface area contributed by atoms with E-state index in [1.165, 1.54) is 12.1 Å². The fourth-order valence-corrected chi connectivity index (χ4v) is 1.96. The van der Waals surface area contributed by atoms with E-state index in [0.717, 1.165) is 11.6 Å². The van der Waals surface area contributed by atoms with Gasteiger partial charge in [0.25, 0.3) is 0 Å². The highest BCUT2D eigenvalue weighted by atomic mass is 32.1. The molecule has 2 aromatic rings. The van der Waals surface area contributed by atoms with Crippen LogP contribution in [0.2, 0.25) is 0 Å². The van der Waals surface area contributed by atoms with Crippen molar-refractivity contribution in [3.8, 4) is 0 Å². The Morgan fingerprint density at radius 1 is 1.05 bits per heavy atom. The second kappa shape index (κ2) is 6.38. The molecule has 0 radical (unpaired) electrons. The Bertz CT molecular complexity index is 570. The molecule has 0 fully saturated rings. The van der Waals surface area contributed by atoms with Gasteiger partial charge in [-0.2, -0.15) is 0 Å². The van der Waals surface area contributed by atoms with Crippen LogP contribution in [0, 0.1) is 11.6 Å². The van der Waals surface area contributed by atoms with Crippen LogP contribution < -0.4 is 5.32 Å². The molecule has 19 heavy (non-hydrogen) atoms. The van der Waals surface area contributed by atoms with Crippen LogP contribution in [-0.2, 0) is 6.42 Å². The van der Waals surface area contributed by atoms with E-state index in [4.69, 9.17) is 12.2 Å². The zero-order valence-corrected chi connectivity index (χ0v) is 11.0. The second-order valence-corrected chi connectivity index (χ2v) is 4.52. The summed E-state index contributed by atoms with van der Waals surface area (Å²) in [5.74, 6) is -1.08. The molecule has 0 spiro atoms. The SMILES string of the molecule is Fc1ccc(CCNC(=S)c2ccccc2)c(F)c1. The van der Waals surface area contributed by atoms with Crippen molar-refractivity contribution in [2.75, 3.05) is 6.54 Å². The molecule has 2 rings (SSSR count). The molecule has 1 N–H and O–H groups in total. The largest absolute Gasteiger partial charge is 0.375 e. The van der Waals surface area contributed by atoms with E-state index in [1.54, 1.807) is 0 Å². The van der Waals surface area contributed by atoms with E-state index in [1.807, 2.05) is 30.3 Å². The lowest BCUT2D eigenvalue weighted by atomic mass is 10.1. The maximum atomic E-state index is 13.4. The quantitative estimate of drug-likeness (QED) is 0.859. The standard InChI is InChI=1S/C15H13F2NS/c16-13-7-6-11(14(17)10-13)8-9-18-15(19)12-4-2-1-3-5-12/h1-7,10H,8-9H2,(H,18,19). The average molecular weight is 277 g/mol. The van der Waals surface area contributed by atoms with Crippen LogP contribution in [0.3, 0.4) is 0 Å². The Balaban J connectivity index is 1.88. The van der Waals surface area contributed by atoms with E-state index >= 15 is 0 Å². The first kappa shape index (κ1) is 13.6. The summed E-state index contributed by atoms with van der Waals surface area (Å²) < 4.78 is 26.1. The van der Waals surface area contributed by atoms with Gasteiger partial charge in [-0.05, 0) is 18.1 Å². The third-order valence-corrected chi connectivity index (χ3v) is 3.11. The van der Waals surface area contributed by atoms with Crippen molar-refractivity contribution in [3.63, 3.8) is 0 Å². The maximum absolute atomic E-state index is 13.4. The molecule has 0 aliphatic heterocycles. The molecule has 0 amide bonds. The third kappa shape index (κ3) is 3.83. The molecule has 2 aromatic carbocycles. The summed E-state index contributed by atoms with van der Waals surface area (Å²) in [7, 11) is 0. The van der Waals surface area contributed by atoms with Crippen LogP contribution in [0.4, 0.5) is 8.78 Å². The molecule has 0 bridgehead atoms. The Morgan fingerprint density at radius 2 is 1.79 bits per heavy atom. The highest BCUT2D eigenvalue weighted by Crippen LogP contribution is 2.09. The Labute approximate surface area is 116 Å². The lowest BCUT2D eigenvalue weighted by Crippen LogP contribution is -2.24. The number of nitrogens with one attached hydrogen (secondary N) is 1. The Hall–Kier alpha value is -1.81. The first-order valence-corrected chi connectivity index (χ1v) is 6.35. The highest BCUT2D eigenvalue weighted by Gasteiger charge is 2.04. The smallest absolute Gasteiger partial charge is 0.129 e. The van der Waals surface area contributed by atoms with Gasteiger partial charge in [0.15, 0.2) is 0 Å². The van der Waals surface area contributed by atoms with Crippen LogP contribution in [0.1, 0.15) is 11.1 Å². The van der Waals surface area contributed by atoms with Gasteiger partial charge in [-0.1, -0.05) is 48.6 Å². The van der Waals surface area contributed by atoms with Crippen LogP contribution in [0.5, 0.6) is 0 Å². The fourth-order valence-electron chi connectivity index (χ4n) is 1.73. The molecule has 0 heterocycles. The molecule has 1 nitrogen and oxygen atoms in total. The molecule has 0 aromatic heterocycles. The lowest BCUT2D eigenvalue weighted by molar-refractivity contribution is 0.571. The van der Waals surface area contributed by atoms with E-state index < -0.39 is 11.6 Å². The van der Waals surface area contributed by atoms with Crippen LogP contribution >= 0.6 is 12.2 Å². The number of hydrogen-bond donors (Lipinski definition) is 1. The summed E-state index contributed by atoms with van der Waals surface area (Å²) in [6.45, 7) is 0.510. The molecular weight excluding hydrogens is 264 g/mol. The van der Waals surface area contributed by atoms with Crippen molar-refractivity contribution in [1.29, 1.82) is 0 Å². The van der Waals surface area contributed by atoms with Gasteiger partial charge in [0, 0.05) is 18.2 Å². The lowest BCUT2D eigenvalue weighted by Gasteiger charge is -2.08. The van der Waals surface area contributed by atoms with Gasteiger partial charge in [-0.3, -0.25) is 0 Å². The van der Waals surface area contributed by atoms with Gasteiger partial charge in [-0.25, -0.2) is 8.78 Å². The van der Waals surface area contributed by atoms with Gasteiger partial charge >= 0.3 is 0 Å². The van der Waals surface area contributed by atoms with Crippen molar-refractivity contribution in [2.24, 2.45) is 0 Å². The summed E-state index contributed by atoms with van der Waals surface area (Å²) in [5, 5.41) is 3.06. The Morgan fingerprint density at radius 3 is 2.47 bits per heavy atom. The summed E-state index contributed by atoms with van der Waals surface area (Å²) in [4.78, 5) is 0.628. The van der Waals surface area contributed by atoms with E-state index in [2.05, 4.69) is 5.32 Å². The van der Waals surface area contributed by atoms with Crippen molar-refractivity contribution in [1.82, 2.24) is 5.32 Å². The Kier molecular flexibility index (Phi) is 4.58. The summed E-state index contributed by atoms with van der Waals surface area (Å²) in [6, 6.07) is 13.2. The topological polar surface area (TPSA) is 12.0 Å². The van der Waals surface area contributed by atoms with Crippen LogP contribution in [0.15, 0.2) is 48.5 Å². The first-order valence-electron chi connectivity index (χ1n) is 5.94. The monoisotopic (exact) mass is 277 g/mol. The molecular formula is C15H13F2NS. The summed E-state index contributed by atoms with van der Waals surface area (Å²) in [5.41, 5.74) is 1.40. The second-order valence-electron chi connectivity index (χ2n) is 4.11. The highest BCUT2D eigenvalue weighted by molar-refractivity contribution is 7.80. The molecule has 0 aliphatic rings. The van der Waals surface area contributed by atoms with Crippen molar-refractivity contribution >= 4 is 17.2 Å². The molecule has 0 unspecified atom stereocenters. The van der Waals surface area contributed by atoms with Gasteiger partial charge < -0.3 is 5.32 Å². The molecule has 0 atom stereocenters. The normalized spacial score (nSPS) is 10.2. The van der Waals surface area contributed by atoms with Crippen LogP contribution in [-0.4, -0.2) is 11.5 Å². The molecule has 0 saturated heterocycles. The molecule has 0 aliphatic carbocycles. The minimum atomic E-state index is -0.561. The number of benzene rings is 2. The summed E-state index contributed by atoms with van der Waals surface area (Å²) >= 11 is 5.22.